The van der Waals surface area contributed by atoms with E-state index in [1.54, 1.807) is 4.68 Å². The Balaban J connectivity index is 0.907. The van der Waals surface area contributed by atoms with E-state index in [4.69, 9.17) is 14.6 Å². The van der Waals surface area contributed by atoms with Gasteiger partial charge in [-0.25, -0.2) is 46.0 Å². The molecule has 0 saturated heterocycles. The Morgan fingerprint density at radius 1 is 0.758 bits per heavy atom. The number of anilines is 2. The molecule has 62 heavy (non-hydrogen) atoms. The number of alkyl halides is 2. The molecule has 2 aromatic carbocycles. The second-order valence-corrected chi connectivity index (χ2v) is 22.4. The first-order valence-corrected chi connectivity index (χ1v) is 24.2. The first-order valence-electron chi connectivity index (χ1n) is 21.1. The van der Waals surface area contributed by atoms with Gasteiger partial charge in [0.25, 0.3) is 0 Å². The van der Waals surface area contributed by atoms with E-state index in [1.807, 2.05) is 26.8 Å². The van der Waals surface area contributed by atoms with E-state index in [0.29, 0.717) is 24.5 Å². The van der Waals surface area contributed by atoms with Gasteiger partial charge in [0.1, 0.15) is 22.1 Å². The number of rotatable bonds is 7. The molecule has 20 heteroatoms. The van der Waals surface area contributed by atoms with Gasteiger partial charge in [-0.05, 0) is 83.0 Å². The molecule has 0 spiro atoms. The first kappa shape index (κ1) is 41.1. The molecular weight excluding hydrogens is 843 g/mol. The molecule has 4 aromatic rings. The van der Waals surface area contributed by atoms with Crippen molar-refractivity contribution < 1.29 is 36.3 Å². The Labute approximate surface area is 358 Å². The number of nitrogens with one attached hydrogen (secondary N) is 3. The third kappa shape index (κ3) is 7.35. The van der Waals surface area contributed by atoms with Crippen LogP contribution in [0.5, 0.6) is 11.8 Å². The lowest BCUT2D eigenvalue weighted by Crippen LogP contribution is -2.45. The summed E-state index contributed by atoms with van der Waals surface area (Å²) in [5.74, 6) is 0.306. The third-order valence-corrected chi connectivity index (χ3v) is 16.1. The summed E-state index contributed by atoms with van der Waals surface area (Å²) in [6.07, 6.45) is 6.46. The summed E-state index contributed by atoms with van der Waals surface area (Å²) >= 11 is 0. The van der Waals surface area contributed by atoms with Crippen LogP contribution in [-0.2, 0) is 84.3 Å². The summed E-state index contributed by atoms with van der Waals surface area (Å²) in [4.78, 5) is 27.4. The van der Waals surface area contributed by atoms with Crippen molar-refractivity contribution in [3.63, 3.8) is 0 Å². The molecule has 3 unspecified atom stereocenters. The van der Waals surface area contributed by atoms with Crippen LogP contribution in [0.1, 0.15) is 78.1 Å². The number of urea groups is 2. The van der Waals surface area contributed by atoms with Gasteiger partial charge in [0.2, 0.25) is 11.8 Å². The van der Waals surface area contributed by atoms with E-state index >= 15 is 4.21 Å². The van der Waals surface area contributed by atoms with E-state index in [1.165, 1.54) is 17.1 Å². The van der Waals surface area contributed by atoms with E-state index in [0.717, 1.165) is 83.0 Å². The van der Waals surface area contributed by atoms with Crippen molar-refractivity contribution in [3.05, 3.63) is 69.0 Å². The lowest BCUT2D eigenvalue weighted by atomic mass is 9.91. The summed E-state index contributed by atoms with van der Waals surface area (Å²) in [5, 5.41) is 20.8. The van der Waals surface area contributed by atoms with E-state index in [2.05, 4.69) is 40.3 Å². The van der Waals surface area contributed by atoms with Gasteiger partial charge >= 0.3 is 12.1 Å². The Kier molecular flexibility index (Phi) is 9.84. The fourth-order valence-electron chi connectivity index (χ4n) is 9.97. The monoisotopic (exact) mass is 892 g/mol. The molecule has 330 valence electrons. The molecular formula is C42H50F2N10O6S2. The molecule has 4 heterocycles. The molecule has 0 bridgehead atoms. The minimum Gasteiger partial charge on any atom is -0.476 e. The zero-order chi connectivity index (χ0) is 43.3. The summed E-state index contributed by atoms with van der Waals surface area (Å²) in [7, 11) is -7.67. The minimum absolute atomic E-state index is 0.00168. The van der Waals surface area contributed by atoms with Crippen LogP contribution in [-0.4, -0.2) is 72.1 Å². The summed E-state index contributed by atoms with van der Waals surface area (Å²) in [5.41, 5.74) is 7.31. The highest BCUT2D eigenvalue weighted by Gasteiger charge is 2.39. The molecule has 0 saturated carbocycles. The average molecular weight is 893 g/mol. The van der Waals surface area contributed by atoms with Crippen molar-refractivity contribution >= 4 is 43.3 Å². The van der Waals surface area contributed by atoms with Gasteiger partial charge in [-0.1, -0.05) is 32.9 Å². The largest absolute Gasteiger partial charge is 0.476 e. The number of halogens is 2. The van der Waals surface area contributed by atoms with Crippen molar-refractivity contribution in [1.29, 1.82) is 0 Å². The summed E-state index contributed by atoms with van der Waals surface area (Å²) < 4.78 is 84.9. The van der Waals surface area contributed by atoms with Gasteiger partial charge in [0.05, 0.1) is 38.7 Å². The number of amides is 4. The van der Waals surface area contributed by atoms with Crippen molar-refractivity contribution in [1.82, 2.24) is 24.3 Å². The maximum Gasteiger partial charge on any atom is 0.354 e. The van der Waals surface area contributed by atoms with E-state index < -0.39 is 49.7 Å². The van der Waals surface area contributed by atoms with Crippen LogP contribution in [0.3, 0.4) is 0 Å². The fourth-order valence-corrected chi connectivity index (χ4v) is 12.7. The number of nitrogens with two attached hydrogens (primary N) is 1. The van der Waals surface area contributed by atoms with Crippen LogP contribution in [0.15, 0.2) is 43.0 Å². The number of nitrogens with zero attached hydrogens (tertiary/aromatic N) is 6. The lowest BCUT2D eigenvalue weighted by Gasteiger charge is -2.34. The Hall–Kier alpha value is -4.92. The Morgan fingerprint density at radius 2 is 1.29 bits per heavy atom. The number of hydrogen-bond donors (Lipinski definition) is 4. The number of carbonyl (C=O) groups is 2. The molecule has 6 aliphatic rings. The molecule has 2 aliphatic heterocycles. The van der Waals surface area contributed by atoms with Gasteiger partial charge in [-0.3, -0.25) is 0 Å². The average Bonchev–Trinajstić information content (AvgIpc) is 4.05. The number of hydrogen-bond acceptors (Lipinski definition) is 8. The van der Waals surface area contributed by atoms with Crippen LogP contribution >= 0.6 is 0 Å². The van der Waals surface area contributed by atoms with Crippen LogP contribution in [0, 0.1) is 10.8 Å². The fraction of sp³-hybridized carbons (Fsp3) is 0.524. The smallest absolute Gasteiger partial charge is 0.354 e. The van der Waals surface area contributed by atoms with Gasteiger partial charge in [-0.15, -0.1) is 8.73 Å². The molecule has 0 radical (unpaired) electrons. The van der Waals surface area contributed by atoms with E-state index in [-0.39, 0.29) is 72.3 Å². The number of fused-ring (bicyclic) bond motifs is 6. The molecule has 4 aliphatic carbocycles. The standard InChI is InChI=1S/C42H50F2N10O6S2/c1-41(2)19-53-38(59-21-41)34(17-47-53)62(58,52-40(56)50-36-30-9-5-7-24(30)11-26-13-28(44)15-32(26)36)48-18-42(3)20-54-37(60-22-42)33(16-46-54)61(45,57)51-39(55)49-35-29-8-4-6-23(29)10-25-12-27(43)14-31(25)35/h10-11,16-17,27-28H,4-9,12-15,18-22H2,1-3H3,(H3,45,49,51,55,57)(H2,48,50,52,56,58)/t27-,28-,42?,61?,62?/m1/s1. The minimum atomic E-state index is -3.87. The van der Waals surface area contributed by atoms with E-state index in [9.17, 15) is 22.6 Å². The van der Waals surface area contributed by atoms with Crippen molar-refractivity contribution in [2.45, 2.75) is 120 Å². The lowest BCUT2D eigenvalue weighted by molar-refractivity contribution is 0.0856. The Morgan fingerprint density at radius 3 is 1.90 bits per heavy atom. The predicted octanol–water partition coefficient (Wildman–Crippen LogP) is 5.94. The SMILES string of the molecule is CC1(C)COc2c(S(=O)(=NC(=O)Nc3c4c(cc5c3C[C@H](F)C5)CCC4)NCC3(C)COc4c(S(N)(=O)=NC(=O)Nc5c6c(cc7c5C[C@H](F)C7)CCC6)cnn4C3)cnn2C1. The maximum atomic E-state index is 15.2. The molecule has 16 nitrogen and oxygen atoms in total. The zero-order valence-electron chi connectivity index (χ0n) is 34.9. The zero-order valence-corrected chi connectivity index (χ0v) is 36.5. The highest BCUT2D eigenvalue weighted by molar-refractivity contribution is 7.92. The maximum absolute atomic E-state index is 15.2. The van der Waals surface area contributed by atoms with Crippen molar-refractivity contribution in [3.8, 4) is 11.8 Å². The molecule has 10 rings (SSSR count). The molecule has 5 N–H and O–H groups in total. The first-order chi connectivity index (χ1) is 29.5. The van der Waals surface area contributed by atoms with Crippen LogP contribution < -0.4 is 30.0 Å². The normalized spacial score (nSPS) is 24.5. The highest BCUT2D eigenvalue weighted by atomic mass is 32.2. The second-order valence-electron chi connectivity index (χ2n) is 18.7. The Bertz CT molecular complexity index is 2840. The number of ether oxygens (including phenoxy) is 2. The molecule has 2 aromatic heterocycles. The number of benzene rings is 2. The van der Waals surface area contributed by atoms with Crippen LogP contribution in [0.4, 0.5) is 29.7 Å². The predicted molar refractivity (Wildman–Crippen MR) is 227 cm³/mol. The van der Waals surface area contributed by atoms with Gasteiger partial charge in [0.15, 0.2) is 19.8 Å². The summed E-state index contributed by atoms with van der Waals surface area (Å²) in [6.45, 7) is 6.87. The summed E-state index contributed by atoms with van der Waals surface area (Å²) in [6, 6.07) is 2.31. The topological polar surface area (TPSA) is 209 Å². The number of aromatic nitrogens is 4. The quantitative estimate of drug-likeness (QED) is 0.174. The third-order valence-electron chi connectivity index (χ3n) is 12.9. The van der Waals surface area contributed by atoms with Crippen molar-refractivity contribution in [2.75, 3.05) is 30.4 Å². The van der Waals surface area contributed by atoms with Gasteiger partial charge in [-0.2, -0.15) is 10.2 Å². The van der Waals surface area contributed by atoms with Gasteiger partial charge < -0.3 is 20.1 Å². The number of carbonyl (C=O) groups excluding carboxylic acids is 2. The van der Waals surface area contributed by atoms with Crippen LogP contribution in [0.2, 0.25) is 0 Å². The van der Waals surface area contributed by atoms with Crippen LogP contribution in [0.25, 0.3) is 0 Å². The van der Waals surface area contributed by atoms with Crippen molar-refractivity contribution in [2.24, 2.45) is 24.7 Å². The second kappa shape index (κ2) is 14.8. The molecule has 4 amide bonds. The molecule has 5 atom stereocenters. The highest BCUT2D eigenvalue weighted by Crippen LogP contribution is 2.42. The van der Waals surface area contributed by atoms with Gasteiger partial charge in [0, 0.05) is 54.4 Å². The molecule has 0 fully saturated rings. The number of aryl methyl sites for hydroxylation is 2.